The molecule has 0 bridgehead atoms. The van der Waals surface area contributed by atoms with E-state index in [0.29, 0.717) is 0 Å². The number of hydrogen-bond donors (Lipinski definition) is 0. The van der Waals surface area contributed by atoms with Gasteiger partial charge in [-0.3, -0.25) is 4.79 Å². The van der Waals surface area contributed by atoms with Crippen molar-refractivity contribution in [2.75, 3.05) is 14.2 Å². The molecular formula is C10H9ClO5. The highest BCUT2D eigenvalue weighted by Gasteiger charge is 2.18. The van der Waals surface area contributed by atoms with E-state index in [0.717, 1.165) is 7.11 Å². The standard InChI is InChI=1S/C10H9ClO5/c1-14-7-5-3-4-6(9(11)12)8(7)16-10(13)15-2/h3-5H,1-2H3. The van der Waals surface area contributed by atoms with Crippen molar-refractivity contribution in [3.8, 4) is 11.5 Å². The highest BCUT2D eigenvalue weighted by molar-refractivity contribution is 6.68. The summed E-state index contributed by atoms with van der Waals surface area (Å²) in [5.74, 6) is 0.161. The second kappa shape index (κ2) is 5.37. The Bertz CT molecular complexity index is 416. The number of carbonyl (C=O) groups is 2. The van der Waals surface area contributed by atoms with Crippen LogP contribution in [0.15, 0.2) is 18.2 Å². The minimum atomic E-state index is -0.955. The highest BCUT2D eigenvalue weighted by atomic mass is 35.5. The summed E-state index contributed by atoms with van der Waals surface area (Å²) in [6.07, 6.45) is -0.955. The molecule has 0 N–H and O–H groups in total. The van der Waals surface area contributed by atoms with Gasteiger partial charge in [-0.05, 0) is 23.7 Å². The zero-order valence-electron chi connectivity index (χ0n) is 8.65. The Morgan fingerprint density at radius 3 is 2.44 bits per heavy atom. The van der Waals surface area contributed by atoms with Gasteiger partial charge in [0.25, 0.3) is 5.24 Å². The summed E-state index contributed by atoms with van der Waals surface area (Å²) >= 11 is 5.34. The van der Waals surface area contributed by atoms with E-state index in [-0.39, 0.29) is 17.1 Å². The molecule has 0 fully saturated rings. The first-order valence-corrected chi connectivity index (χ1v) is 4.60. The zero-order chi connectivity index (χ0) is 12.1. The number of hydrogen-bond acceptors (Lipinski definition) is 5. The van der Waals surface area contributed by atoms with Gasteiger partial charge in [0.05, 0.1) is 19.8 Å². The fourth-order valence-corrected chi connectivity index (χ4v) is 1.21. The van der Waals surface area contributed by atoms with E-state index < -0.39 is 11.4 Å². The van der Waals surface area contributed by atoms with Crippen LogP contribution in [0.3, 0.4) is 0 Å². The average Bonchev–Trinajstić information content (AvgIpc) is 2.28. The first kappa shape index (κ1) is 12.3. The number of ether oxygens (including phenoxy) is 3. The predicted octanol–water partition coefficient (Wildman–Crippen LogP) is 2.22. The summed E-state index contributed by atoms with van der Waals surface area (Å²) in [6.45, 7) is 0. The molecule has 1 aromatic carbocycles. The summed E-state index contributed by atoms with van der Waals surface area (Å²) in [7, 11) is 2.53. The van der Waals surface area contributed by atoms with Crippen LogP contribution in [-0.2, 0) is 4.74 Å². The Balaban J connectivity index is 3.19. The minimum absolute atomic E-state index is 0.0337. The van der Waals surface area contributed by atoms with E-state index in [4.69, 9.17) is 21.1 Å². The monoisotopic (exact) mass is 244 g/mol. The van der Waals surface area contributed by atoms with Crippen molar-refractivity contribution in [2.45, 2.75) is 0 Å². The first-order valence-electron chi connectivity index (χ1n) is 4.22. The molecule has 86 valence electrons. The van der Waals surface area contributed by atoms with E-state index in [1.807, 2.05) is 0 Å². The molecule has 0 saturated carbocycles. The number of benzene rings is 1. The molecule has 16 heavy (non-hydrogen) atoms. The van der Waals surface area contributed by atoms with Crippen molar-refractivity contribution in [1.82, 2.24) is 0 Å². The molecule has 0 unspecified atom stereocenters. The summed E-state index contributed by atoms with van der Waals surface area (Å²) in [5, 5.41) is -0.752. The Kier molecular flexibility index (Phi) is 4.13. The van der Waals surface area contributed by atoms with Crippen LogP contribution >= 0.6 is 11.6 Å². The molecule has 1 aromatic rings. The molecule has 0 amide bonds. The summed E-state index contributed by atoms with van der Waals surface area (Å²) in [6, 6.07) is 4.50. The highest BCUT2D eigenvalue weighted by Crippen LogP contribution is 2.32. The van der Waals surface area contributed by atoms with Gasteiger partial charge in [-0.1, -0.05) is 6.07 Å². The zero-order valence-corrected chi connectivity index (χ0v) is 9.41. The van der Waals surface area contributed by atoms with Crippen LogP contribution in [0.1, 0.15) is 10.4 Å². The molecule has 0 spiro atoms. The topological polar surface area (TPSA) is 61.8 Å². The van der Waals surface area contributed by atoms with Crippen LogP contribution in [0, 0.1) is 0 Å². The number of rotatable bonds is 3. The first-order chi connectivity index (χ1) is 7.60. The molecule has 0 radical (unpaired) electrons. The van der Waals surface area contributed by atoms with E-state index in [1.54, 1.807) is 6.07 Å². The predicted molar refractivity (Wildman–Crippen MR) is 56.2 cm³/mol. The maximum atomic E-state index is 11.1. The molecule has 0 saturated heterocycles. The van der Waals surface area contributed by atoms with Gasteiger partial charge in [-0.25, -0.2) is 4.79 Å². The molecule has 0 atom stereocenters. The summed E-state index contributed by atoms with van der Waals surface area (Å²) < 4.78 is 14.0. The van der Waals surface area contributed by atoms with Gasteiger partial charge in [0.15, 0.2) is 11.5 Å². The van der Waals surface area contributed by atoms with Gasteiger partial charge in [0.2, 0.25) is 0 Å². The Hall–Kier alpha value is -1.75. The van der Waals surface area contributed by atoms with Gasteiger partial charge in [0.1, 0.15) is 0 Å². The number of para-hydroxylation sites is 1. The van der Waals surface area contributed by atoms with E-state index in [1.165, 1.54) is 19.2 Å². The smallest absolute Gasteiger partial charge is 0.493 e. The van der Waals surface area contributed by atoms with Gasteiger partial charge in [0, 0.05) is 0 Å². The van der Waals surface area contributed by atoms with Crippen molar-refractivity contribution < 1.29 is 23.8 Å². The molecular weight excluding hydrogens is 236 g/mol. The second-order valence-corrected chi connectivity index (χ2v) is 3.01. The van der Waals surface area contributed by atoms with Crippen molar-refractivity contribution in [3.63, 3.8) is 0 Å². The third-order valence-electron chi connectivity index (χ3n) is 1.76. The normalized spacial score (nSPS) is 9.44. The van der Waals surface area contributed by atoms with E-state index >= 15 is 0 Å². The van der Waals surface area contributed by atoms with Crippen molar-refractivity contribution in [3.05, 3.63) is 23.8 Å². The third-order valence-corrected chi connectivity index (χ3v) is 1.97. The lowest BCUT2D eigenvalue weighted by atomic mass is 10.2. The Morgan fingerprint density at radius 2 is 1.94 bits per heavy atom. The molecule has 5 nitrogen and oxygen atoms in total. The van der Waals surface area contributed by atoms with Crippen molar-refractivity contribution in [2.24, 2.45) is 0 Å². The minimum Gasteiger partial charge on any atom is -0.493 e. The molecule has 0 heterocycles. The lowest BCUT2D eigenvalue weighted by Gasteiger charge is -2.10. The fraction of sp³-hybridized carbons (Fsp3) is 0.200. The lowest BCUT2D eigenvalue weighted by Crippen LogP contribution is -2.10. The maximum absolute atomic E-state index is 11.1. The van der Waals surface area contributed by atoms with Crippen LogP contribution < -0.4 is 9.47 Å². The Morgan fingerprint density at radius 1 is 1.25 bits per heavy atom. The SMILES string of the molecule is COC(=O)Oc1c(OC)cccc1C(=O)Cl. The molecule has 1 rings (SSSR count). The number of carbonyl (C=O) groups excluding carboxylic acids is 2. The van der Waals surface area contributed by atoms with Crippen molar-refractivity contribution >= 4 is 23.0 Å². The average molecular weight is 245 g/mol. The second-order valence-electron chi connectivity index (χ2n) is 2.67. The van der Waals surface area contributed by atoms with Crippen LogP contribution in [0.25, 0.3) is 0 Å². The van der Waals surface area contributed by atoms with Crippen LogP contribution in [-0.4, -0.2) is 25.6 Å². The quantitative estimate of drug-likeness (QED) is 0.463. The number of halogens is 1. The molecule has 0 aliphatic carbocycles. The molecule has 0 aliphatic rings. The van der Waals surface area contributed by atoms with Crippen LogP contribution in [0.5, 0.6) is 11.5 Å². The van der Waals surface area contributed by atoms with Gasteiger partial charge < -0.3 is 14.2 Å². The number of methoxy groups -OCH3 is 2. The van der Waals surface area contributed by atoms with Gasteiger partial charge >= 0.3 is 6.16 Å². The lowest BCUT2D eigenvalue weighted by molar-refractivity contribution is 0.106. The summed E-state index contributed by atoms with van der Waals surface area (Å²) in [4.78, 5) is 22.1. The van der Waals surface area contributed by atoms with Crippen LogP contribution in [0.2, 0.25) is 0 Å². The van der Waals surface area contributed by atoms with E-state index in [9.17, 15) is 9.59 Å². The maximum Gasteiger partial charge on any atom is 0.513 e. The fourth-order valence-electron chi connectivity index (χ4n) is 1.06. The largest absolute Gasteiger partial charge is 0.513 e. The van der Waals surface area contributed by atoms with Crippen LogP contribution in [0.4, 0.5) is 4.79 Å². The third kappa shape index (κ3) is 2.64. The Labute approximate surface area is 96.9 Å². The van der Waals surface area contributed by atoms with E-state index in [2.05, 4.69) is 4.74 Å². The molecule has 6 heteroatoms. The van der Waals surface area contributed by atoms with Gasteiger partial charge in [-0.2, -0.15) is 0 Å². The molecule has 0 aromatic heterocycles. The van der Waals surface area contributed by atoms with Crippen molar-refractivity contribution in [1.29, 1.82) is 0 Å². The molecule has 0 aliphatic heterocycles. The summed E-state index contributed by atoms with van der Waals surface area (Å²) in [5.41, 5.74) is 0.0337. The van der Waals surface area contributed by atoms with Gasteiger partial charge in [-0.15, -0.1) is 0 Å².